The maximum Gasteiger partial charge on any atom is 0.264 e. The lowest BCUT2D eigenvalue weighted by atomic mass is 10.1. The Bertz CT molecular complexity index is 1100. The van der Waals surface area contributed by atoms with E-state index in [0.29, 0.717) is 5.69 Å². The molecule has 0 heterocycles. The van der Waals surface area contributed by atoms with Crippen LogP contribution in [0.15, 0.2) is 83.8 Å². The van der Waals surface area contributed by atoms with Crippen molar-refractivity contribution in [1.82, 2.24) is 5.32 Å². The molecule has 0 aliphatic heterocycles. The molecule has 0 unspecified atom stereocenters. The van der Waals surface area contributed by atoms with Crippen LogP contribution in [0.2, 0.25) is 0 Å². The number of hydrogen-bond donors (Lipinski definition) is 1. The maximum atomic E-state index is 13.3. The van der Waals surface area contributed by atoms with Crippen LogP contribution in [0.5, 0.6) is 0 Å². The zero-order valence-electron chi connectivity index (χ0n) is 16.7. The summed E-state index contributed by atoms with van der Waals surface area (Å²) in [5, 5.41) is 2.78. The molecular weight excluding hydrogens is 403 g/mol. The number of carbonyl (C=O) groups excluding carboxylic acids is 1. The monoisotopic (exact) mass is 426 g/mol. The standard InChI is InChI=1S/C23H23FN2O3S/c1-17-8-14-22(15-9-17)30(28,29)26(21-6-4-3-5-7-21)16-23(27)25-18(2)19-10-12-20(24)13-11-19/h3-15,18H,16H2,1-2H3,(H,25,27)/t18-/m0/s1. The zero-order valence-corrected chi connectivity index (χ0v) is 17.6. The van der Waals surface area contributed by atoms with Gasteiger partial charge in [-0.15, -0.1) is 0 Å². The minimum Gasteiger partial charge on any atom is -0.348 e. The van der Waals surface area contributed by atoms with Gasteiger partial charge in [-0.3, -0.25) is 9.10 Å². The van der Waals surface area contributed by atoms with Gasteiger partial charge in [-0.05, 0) is 55.8 Å². The number of rotatable bonds is 7. The molecule has 1 N–H and O–H groups in total. The van der Waals surface area contributed by atoms with Gasteiger partial charge < -0.3 is 5.32 Å². The van der Waals surface area contributed by atoms with Crippen LogP contribution in [0, 0.1) is 12.7 Å². The van der Waals surface area contributed by atoms with E-state index in [1.165, 1.54) is 24.3 Å². The van der Waals surface area contributed by atoms with Gasteiger partial charge in [0.25, 0.3) is 10.0 Å². The van der Waals surface area contributed by atoms with E-state index in [2.05, 4.69) is 5.32 Å². The molecule has 0 saturated carbocycles. The molecule has 0 radical (unpaired) electrons. The summed E-state index contributed by atoms with van der Waals surface area (Å²) in [6.45, 7) is 3.24. The lowest BCUT2D eigenvalue weighted by Gasteiger charge is -2.25. The van der Waals surface area contributed by atoms with Crippen molar-refractivity contribution < 1.29 is 17.6 Å². The summed E-state index contributed by atoms with van der Waals surface area (Å²) in [5.41, 5.74) is 2.05. The molecule has 0 aliphatic rings. The SMILES string of the molecule is Cc1ccc(S(=O)(=O)N(CC(=O)N[C@@H](C)c2ccc(F)cc2)c2ccccc2)cc1. The Morgan fingerprint density at radius 3 is 2.17 bits per heavy atom. The van der Waals surface area contributed by atoms with Crippen LogP contribution in [0.3, 0.4) is 0 Å². The molecule has 156 valence electrons. The number of nitrogens with one attached hydrogen (secondary N) is 1. The molecule has 0 fully saturated rings. The van der Waals surface area contributed by atoms with E-state index in [1.807, 2.05) is 6.92 Å². The second-order valence-electron chi connectivity index (χ2n) is 7.00. The third-order valence-electron chi connectivity index (χ3n) is 4.69. The van der Waals surface area contributed by atoms with E-state index < -0.39 is 22.0 Å². The van der Waals surface area contributed by atoms with Crippen LogP contribution < -0.4 is 9.62 Å². The van der Waals surface area contributed by atoms with Gasteiger partial charge in [0.2, 0.25) is 5.91 Å². The molecule has 0 aromatic heterocycles. The molecule has 0 spiro atoms. The number of sulfonamides is 1. The Balaban J connectivity index is 1.85. The van der Waals surface area contributed by atoms with Gasteiger partial charge >= 0.3 is 0 Å². The first kappa shape index (κ1) is 21.5. The van der Waals surface area contributed by atoms with Gasteiger partial charge in [-0.1, -0.05) is 48.0 Å². The van der Waals surface area contributed by atoms with Crippen LogP contribution in [0.1, 0.15) is 24.1 Å². The summed E-state index contributed by atoms with van der Waals surface area (Å²) in [4.78, 5) is 12.8. The van der Waals surface area contributed by atoms with E-state index >= 15 is 0 Å². The zero-order chi connectivity index (χ0) is 21.7. The number of anilines is 1. The van der Waals surface area contributed by atoms with Crippen LogP contribution in [-0.2, 0) is 14.8 Å². The Labute approximate surface area is 176 Å². The molecule has 3 aromatic carbocycles. The number of benzene rings is 3. The summed E-state index contributed by atoms with van der Waals surface area (Å²) >= 11 is 0. The summed E-state index contributed by atoms with van der Waals surface area (Å²) < 4.78 is 40.8. The molecule has 7 heteroatoms. The van der Waals surface area contributed by atoms with Crippen LogP contribution in [0.25, 0.3) is 0 Å². The van der Waals surface area contributed by atoms with Crippen molar-refractivity contribution in [3.05, 3.63) is 95.8 Å². The fraction of sp³-hybridized carbons (Fsp3) is 0.174. The fourth-order valence-corrected chi connectivity index (χ4v) is 4.42. The normalized spacial score (nSPS) is 12.2. The molecule has 0 bridgehead atoms. The Morgan fingerprint density at radius 1 is 0.967 bits per heavy atom. The Hall–Kier alpha value is -3.19. The first-order valence-corrected chi connectivity index (χ1v) is 10.9. The van der Waals surface area contributed by atoms with Crippen molar-refractivity contribution in [2.45, 2.75) is 24.8 Å². The Kier molecular flexibility index (Phi) is 6.52. The third-order valence-corrected chi connectivity index (χ3v) is 6.48. The molecule has 5 nitrogen and oxygen atoms in total. The summed E-state index contributed by atoms with van der Waals surface area (Å²) in [6, 6.07) is 20.4. The number of halogens is 1. The minimum absolute atomic E-state index is 0.108. The first-order chi connectivity index (χ1) is 14.3. The van der Waals surface area contributed by atoms with Gasteiger partial charge in [0.05, 0.1) is 16.6 Å². The maximum absolute atomic E-state index is 13.3. The molecule has 0 saturated heterocycles. The molecule has 1 atom stereocenters. The lowest BCUT2D eigenvalue weighted by molar-refractivity contribution is -0.120. The van der Waals surface area contributed by atoms with Crippen molar-refractivity contribution >= 4 is 21.6 Å². The van der Waals surface area contributed by atoms with Crippen LogP contribution in [0.4, 0.5) is 10.1 Å². The summed E-state index contributed by atoms with van der Waals surface area (Å²) in [6.07, 6.45) is 0. The van der Waals surface area contributed by atoms with Gasteiger partial charge in [0.15, 0.2) is 0 Å². The second kappa shape index (κ2) is 9.09. The van der Waals surface area contributed by atoms with Crippen molar-refractivity contribution in [1.29, 1.82) is 0 Å². The van der Waals surface area contributed by atoms with E-state index in [-0.39, 0.29) is 17.3 Å². The molecule has 0 aliphatic carbocycles. The molecular formula is C23H23FN2O3S. The predicted octanol–water partition coefficient (Wildman–Crippen LogP) is 4.21. The van der Waals surface area contributed by atoms with E-state index in [1.54, 1.807) is 61.5 Å². The Morgan fingerprint density at radius 2 is 1.57 bits per heavy atom. The predicted molar refractivity (Wildman–Crippen MR) is 115 cm³/mol. The molecule has 30 heavy (non-hydrogen) atoms. The van der Waals surface area contributed by atoms with Crippen molar-refractivity contribution in [3.8, 4) is 0 Å². The molecule has 1 amide bonds. The van der Waals surface area contributed by atoms with Gasteiger partial charge in [0.1, 0.15) is 12.4 Å². The van der Waals surface area contributed by atoms with Crippen molar-refractivity contribution in [2.75, 3.05) is 10.8 Å². The van der Waals surface area contributed by atoms with Gasteiger partial charge in [0, 0.05) is 0 Å². The number of para-hydroxylation sites is 1. The fourth-order valence-electron chi connectivity index (χ4n) is 3.00. The van der Waals surface area contributed by atoms with Crippen LogP contribution >= 0.6 is 0 Å². The number of nitrogens with zero attached hydrogens (tertiary/aromatic N) is 1. The average molecular weight is 427 g/mol. The van der Waals surface area contributed by atoms with Gasteiger partial charge in [-0.2, -0.15) is 0 Å². The molecule has 3 rings (SSSR count). The van der Waals surface area contributed by atoms with E-state index in [4.69, 9.17) is 0 Å². The number of carbonyl (C=O) groups is 1. The third kappa shape index (κ3) is 5.04. The highest BCUT2D eigenvalue weighted by molar-refractivity contribution is 7.92. The van der Waals surface area contributed by atoms with Crippen molar-refractivity contribution in [3.63, 3.8) is 0 Å². The lowest BCUT2D eigenvalue weighted by Crippen LogP contribution is -2.41. The highest BCUT2D eigenvalue weighted by atomic mass is 32.2. The highest BCUT2D eigenvalue weighted by Gasteiger charge is 2.27. The van der Waals surface area contributed by atoms with E-state index in [9.17, 15) is 17.6 Å². The number of hydrogen-bond acceptors (Lipinski definition) is 3. The first-order valence-electron chi connectivity index (χ1n) is 9.46. The highest BCUT2D eigenvalue weighted by Crippen LogP contribution is 2.24. The summed E-state index contributed by atoms with van der Waals surface area (Å²) in [7, 11) is -3.95. The van der Waals surface area contributed by atoms with Crippen molar-refractivity contribution in [2.24, 2.45) is 0 Å². The van der Waals surface area contributed by atoms with E-state index in [0.717, 1.165) is 15.4 Å². The smallest absolute Gasteiger partial charge is 0.264 e. The number of aryl methyl sites for hydroxylation is 1. The minimum atomic E-state index is -3.95. The molecule has 3 aromatic rings. The average Bonchev–Trinajstić information content (AvgIpc) is 2.73. The number of amides is 1. The topological polar surface area (TPSA) is 66.5 Å². The quantitative estimate of drug-likeness (QED) is 0.616. The van der Waals surface area contributed by atoms with Crippen LogP contribution in [-0.4, -0.2) is 20.9 Å². The van der Waals surface area contributed by atoms with Gasteiger partial charge in [-0.25, -0.2) is 12.8 Å². The largest absolute Gasteiger partial charge is 0.348 e. The summed E-state index contributed by atoms with van der Waals surface area (Å²) in [5.74, 6) is -0.830. The second-order valence-corrected chi connectivity index (χ2v) is 8.86.